The molecule has 0 atom stereocenters. The Morgan fingerprint density at radius 2 is 1.68 bits per heavy atom. The van der Waals surface area contributed by atoms with E-state index in [1.807, 2.05) is 0 Å². The number of rotatable bonds is 5. The standard InChI is InChI=1S/C18H12F3NO5S/c19-18(20,21)28(24,25)27-15-8-4-7-13-9-10-14(22-16(13)15)17(23)26-11-12-5-2-1-3-6-12/h1-10H,11H2. The van der Waals surface area contributed by atoms with Crippen LogP contribution in [0.25, 0.3) is 10.9 Å². The second kappa shape index (κ2) is 7.47. The molecule has 0 N–H and O–H groups in total. The molecule has 1 heterocycles. The number of hydrogen-bond donors (Lipinski definition) is 0. The van der Waals surface area contributed by atoms with Crippen molar-refractivity contribution in [3.8, 4) is 5.75 Å². The lowest BCUT2D eigenvalue weighted by molar-refractivity contribution is -0.0499. The number of aromatic nitrogens is 1. The first-order valence-corrected chi connectivity index (χ1v) is 9.20. The van der Waals surface area contributed by atoms with Crippen LogP contribution in [0.1, 0.15) is 16.1 Å². The first-order valence-electron chi connectivity index (χ1n) is 7.79. The topological polar surface area (TPSA) is 82.6 Å². The van der Waals surface area contributed by atoms with Gasteiger partial charge in [-0.2, -0.15) is 21.6 Å². The fourth-order valence-electron chi connectivity index (χ4n) is 2.26. The number of halogens is 3. The molecule has 3 aromatic rings. The predicted molar refractivity (Wildman–Crippen MR) is 92.9 cm³/mol. The molecule has 0 bridgehead atoms. The average molecular weight is 411 g/mol. The number of alkyl halides is 3. The minimum atomic E-state index is -5.88. The number of carbonyl (C=O) groups is 1. The highest BCUT2D eigenvalue weighted by molar-refractivity contribution is 7.88. The van der Waals surface area contributed by atoms with Crippen LogP contribution in [0.4, 0.5) is 13.2 Å². The summed E-state index contributed by atoms with van der Waals surface area (Å²) in [7, 11) is -5.88. The van der Waals surface area contributed by atoms with Crippen molar-refractivity contribution in [2.45, 2.75) is 12.1 Å². The van der Waals surface area contributed by atoms with E-state index in [-0.39, 0.29) is 23.2 Å². The molecule has 2 aromatic carbocycles. The lowest BCUT2D eigenvalue weighted by Crippen LogP contribution is -2.28. The summed E-state index contributed by atoms with van der Waals surface area (Å²) in [5, 5.41) is 0.287. The van der Waals surface area contributed by atoms with Gasteiger partial charge in [-0.1, -0.05) is 48.5 Å². The number of fused-ring (bicyclic) bond motifs is 1. The second-order valence-electron chi connectivity index (χ2n) is 5.57. The molecule has 3 rings (SSSR count). The summed E-state index contributed by atoms with van der Waals surface area (Å²) < 4.78 is 69.6. The third-order valence-electron chi connectivity index (χ3n) is 3.59. The molecule has 6 nitrogen and oxygen atoms in total. The minimum absolute atomic E-state index is 0.0278. The fraction of sp³-hybridized carbons (Fsp3) is 0.111. The Balaban J connectivity index is 1.89. The Labute approximate surface area is 157 Å². The summed E-state index contributed by atoms with van der Waals surface area (Å²) in [6.45, 7) is -0.0278. The van der Waals surface area contributed by atoms with Crippen molar-refractivity contribution in [3.05, 3.63) is 71.9 Å². The zero-order valence-electron chi connectivity index (χ0n) is 14.0. The van der Waals surface area contributed by atoms with Gasteiger partial charge in [0.15, 0.2) is 5.75 Å². The molecule has 0 radical (unpaired) electrons. The van der Waals surface area contributed by atoms with Crippen LogP contribution in [0.3, 0.4) is 0 Å². The van der Waals surface area contributed by atoms with E-state index in [1.165, 1.54) is 24.3 Å². The van der Waals surface area contributed by atoms with Gasteiger partial charge < -0.3 is 8.92 Å². The quantitative estimate of drug-likeness (QED) is 0.361. The molecular formula is C18H12F3NO5S. The van der Waals surface area contributed by atoms with E-state index in [0.717, 1.165) is 11.6 Å². The summed E-state index contributed by atoms with van der Waals surface area (Å²) in [5.41, 5.74) is -5.29. The maximum atomic E-state index is 12.6. The van der Waals surface area contributed by atoms with Crippen LogP contribution >= 0.6 is 0 Å². The van der Waals surface area contributed by atoms with Crippen LogP contribution in [0, 0.1) is 0 Å². The zero-order valence-corrected chi connectivity index (χ0v) is 14.8. The van der Waals surface area contributed by atoms with Crippen molar-refractivity contribution < 1.29 is 35.3 Å². The van der Waals surface area contributed by atoms with E-state index in [2.05, 4.69) is 9.17 Å². The number of pyridine rings is 1. The first kappa shape index (κ1) is 19.6. The molecule has 0 spiro atoms. The fourth-order valence-corrected chi connectivity index (χ4v) is 2.73. The largest absolute Gasteiger partial charge is 0.534 e. The molecule has 0 aliphatic carbocycles. The highest BCUT2D eigenvalue weighted by Crippen LogP contribution is 2.31. The molecule has 10 heteroatoms. The highest BCUT2D eigenvalue weighted by atomic mass is 32.2. The number of esters is 1. The Kier molecular flexibility index (Phi) is 5.23. The molecular weight excluding hydrogens is 399 g/mol. The van der Waals surface area contributed by atoms with Gasteiger partial charge in [-0.05, 0) is 17.7 Å². The van der Waals surface area contributed by atoms with E-state index >= 15 is 0 Å². The summed E-state index contributed by atoms with van der Waals surface area (Å²) in [5.74, 6) is -1.47. The molecule has 0 saturated carbocycles. The number of carbonyl (C=O) groups excluding carboxylic acids is 1. The first-order chi connectivity index (χ1) is 13.2. The molecule has 28 heavy (non-hydrogen) atoms. The van der Waals surface area contributed by atoms with E-state index in [1.54, 1.807) is 30.3 Å². The molecule has 146 valence electrons. The molecule has 0 amide bonds. The van der Waals surface area contributed by atoms with Crippen LogP contribution in [-0.2, 0) is 21.5 Å². The van der Waals surface area contributed by atoms with Crippen LogP contribution in [0.15, 0.2) is 60.7 Å². The summed E-state index contributed by atoms with van der Waals surface area (Å²) in [6, 6.07) is 15.3. The van der Waals surface area contributed by atoms with Gasteiger partial charge in [-0.3, -0.25) is 0 Å². The molecule has 0 unspecified atom stereocenters. The zero-order chi connectivity index (χ0) is 20.4. The van der Waals surface area contributed by atoms with Gasteiger partial charge in [0.1, 0.15) is 17.8 Å². The van der Waals surface area contributed by atoms with Crippen molar-refractivity contribution in [1.29, 1.82) is 0 Å². The van der Waals surface area contributed by atoms with Crippen LogP contribution in [-0.4, -0.2) is 24.9 Å². The SMILES string of the molecule is O=C(OCc1ccccc1)c1ccc2cccc(OS(=O)(=O)C(F)(F)F)c2n1. The number of nitrogens with zero attached hydrogens (tertiary/aromatic N) is 1. The Bertz CT molecular complexity index is 1120. The Morgan fingerprint density at radius 3 is 2.36 bits per heavy atom. The highest BCUT2D eigenvalue weighted by Gasteiger charge is 2.48. The number of para-hydroxylation sites is 1. The van der Waals surface area contributed by atoms with Crippen molar-refractivity contribution >= 4 is 27.0 Å². The van der Waals surface area contributed by atoms with Crippen molar-refractivity contribution in [2.75, 3.05) is 0 Å². The van der Waals surface area contributed by atoms with Crippen molar-refractivity contribution in [2.24, 2.45) is 0 Å². The van der Waals surface area contributed by atoms with Gasteiger partial charge in [0.05, 0.1) is 0 Å². The summed E-state index contributed by atoms with van der Waals surface area (Å²) in [6.07, 6.45) is 0. The molecule has 0 aliphatic rings. The minimum Gasteiger partial charge on any atom is -0.456 e. The van der Waals surface area contributed by atoms with Gasteiger partial charge >= 0.3 is 21.6 Å². The monoisotopic (exact) mass is 411 g/mol. The van der Waals surface area contributed by atoms with Gasteiger partial charge in [-0.25, -0.2) is 9.78 Å². The second-order valence-corrected chi connectivity index (χ2v) is 7.11. The summed E-state index contributed by atoms with van der Waals surface area (Å²) in [4.78, 5) is 16.1. The maximum Gasteiger partial charge on any atom is 0.534 e. The number of ether oxygens (including phenoxy) is 1. The van der Waals surface area contributed by atoms with Gasteiger partial charge in [0, 0.05) is 5.39 Å². The lowest BCUT2D eigenvalue weighted by Gasteiger charge is -2.11. The molecule has 0 aliphatic heterocycles. The smallest absolute Gasteiger partial charge is 0.456 e. The lowest BCUT2D eigenvalue weighted by atomic mass is 10.2. The van der Waals surface area contributed by atoms with Crippen LogP contribution in [0.5, 0.6) is 5.75 Å². The van der Waals surface area contributed by atoms with E-state index < -0.39 is 27.3 Å². The average Bonchev–Trinajstić information content (AvgIpc) is 2.66. The third-order valence-corrected chi connectivity index (χ3v) is 4.55. The van der Waals surface area contributed by atoms with E-state index in [4.69, 9.17) is 4.74 Å². The molecule has 0 fully saturated rings. The number of hydrogen-bond acceptors (Lipinski definition) is 6. The molecule has 1 aromatic heterocycles. The van der Waals surface area contributed by atoms with Crippen LogP contribution in [0.2, 0.25) is 0 Å². The molecule has 0 saturated heterocycles. The summed E-state index contributed by atoms with van der Waals surface area (Å²) >= 11 is 0. The Morgan fingerprint density at radius 1 is 0.964 bits per heavy atom. The van der Waals surface area contributed by atoms with Gasteiger partial charge in [-0.15, -0.1) is 0 Å². The van der Waals surface area contributed by atoms with Crippen molar-refractivity contribution in [1.82, 2.24) is 4.98 Å². The van der Waals surface area contributed by atoms with Gasteiger partial charge in [0.2, 0.25) is 0 Å². The Hall–Kier alpha value is -3.14. The van der Waals surface area contributed by atoms with E-state index in [9.17, 15) is 26.4 Å². The third kappa shape index (κ3) is 4.22. The maximum absolute atomic E-state index is 12.6. The van der Waals surface area contributed by atoms with Gasteiger partial charge in [0.25, 0.3) is 0 Å². The van der Waals surface area contributed by atoms with E-state index in [0.29, 0.717) is 0 Å². The normalized spacial score (nSPS) is 12.0. The predicted octanol–water partition coefficient (Wildman–Crippen LogP) is 3.82. The number of benzene rings is 2. The van der Waals surface area contributed by atoms with Crippen LogP contribution < -0.4 is 4.18 Å². The van der Waals surface area contributed by atoms with Crippen molar-refractivity contribution in [3.63, 3.8) is 0 Å².